The molecule has 0 spiro atoms. The molecule has 8 heteroatoms. The number of ether oxygens (including phenoxy) is 1. The second-order valence-corrected chi connectivity index (χ2v) is 7.37. The maximum absolute atomic E-state index is 13.5. The summed E-state index contributed by atoms with van der Waals surface area (Å²) in [4.78, 5) is 41.5. The van der Waals surface area contributed by atoms with E-state index in [1.54, 1.807) is 12.1 Å². The number of aromatic nitrogens is 1. The van der Waals surface area contributed by atoms with Crippen molar-refractivity contribution < 1.29 is 23.5 Å². The van der Waals surface area contributed by atoms with Crippen molar-refractivity contribution in [3.63, 3.8) is 0 Å². The molecule has 0 radical (unpaired) electrons. The minimum absolute atomic E-state index is 0.0608. The summed E-state index contributed by atoms with van der Waals surface area (Å²) in [5.41, 5.74) is 1.90. The van der Waals surface area contributed by atoms with Crippen LogP contribution >= 0.6 is 0 Å². The maximum atomic E-state index is 13.5. The smallest absolute Gasteiger partial charge is 0.328 e. The van der Waals surface area contributed by atoms with E-state index < -0.39 is 35.7 Å². The molecule has 0 aliphatic rings. The van der Waals surface area contributed by atoms with E-state index in [1.807, 2.05) is 30.3 Å². The zero-order chi connectivity index (χ0) is 23.1. The van der Waals surface area contributed by atoms with E-state index >= 15 is 0 Å². The molecule has 0 aliphatic heterocycles. The number of esters is 1. The summed E-state index contributed by atoms with van der Waals surface area (Å²) in [7, 11) is 1.23. The summed E-state index contributed by atoms with van der Waals surface area (Å²) in [6.07, 6.45) is 0.168. The number of nitrogens with one attached hydrogen (secondary N) is 2. The van der Waals surface area contributed by atoms with Gasteiger partial charge in [-0.3, -0.25) is 14.6 Å². The van der Waals surface area contributed by atoms with Gasteiger partial charge in [0.2, 0.25) is 11.8 Å². The Labute approximate surface area is 185 Å². The summed E-state index contributed by atoms with van der Waals surface area (Å²) < 4.78 is 18.4. The highest BCUT2D eigenvalue weighted by atomic mass is 19.1. The number of para-hydroxylation sites is 1. The molecular weight excluding hydrogens is 413 g/mol. The molecule has 0 saturated heterocycles. The number of carbonyl (C=O) groups is 3. The van der Waals surface area contributed by atoms with Crippen LogP contribution in [0.15, 0.2) is 60.7 Å². The number of nitrogens with zero attached hydrogens (tertiary/aromatic N) is 1. The quantitative estimate of drug-likeness (QED) is 0.527. The first-order valence-electron chi connectivity index (χ1n) is 10.1. The normalized spacial score (nSPS) is 12.6. The molecular formula is C24H24FN3O4. The maximum Gasteiger partial charge on any atom is 0.328 e. The highest BCUT2D eigenvalue weighted by Gasteiger charge is 2.27. The van der Waals surface area contributed by atoms with Gasteiger partial charge in [-0.05, 0) is 29.8 Å². The second kappa shape index (κ2) is 10.5. The minimum atomic E-state index is -1.01. The third kappa shape index (κ3) is 6.10. The zero-order valence-corrected chi connectivity index (χ0v) is 17.8. The van der Waals surface area contributed by atoms with Crippen molar-refractivity contribution in [1.82, 2.24) is 15.6 Å². The first-order chi connectivity index (χ1) is 15.4. The number of rotatable bonds is 8. The fourth-order valence-electron chi connectivity index (χ4n) is 3.39. The van der Waals surface area contributed by atoms with Crippen molar-refractivity contribution >= 4 is 28.7 Å². The van der Waals surface area contributed by atoms with Gasteiger partial charge in [-0.1, -0.05) is 36.4 Å². The van der Waals surface area contributed by atoms with Gasteiger partial charge in [0, 0.05) is 30.8 Å². The van der Waals surface area contributed by atoms with Crippen LogP contribution in [0.25, 0.3) is 10.9 Å². The number of amides is 2. The molecule has 7 nitrogen and oxygen atoms in total. The molecule has 0 unspecified atom stereocenters. The second-order valence-electron chi connectivity index (χ2n) is 7.37. The Morgan fingerprint density at radius 1 is 0.969 bits per heavy atom. The van der Waals surface area contributed by atoms with Gasteiger partial charge in [0.25, 0.3) is 0 Å². The monoisotopic (exact) mass is 437 g/mol. The van der Waals surface area contributed by atoms with E-state index in [1.165, 1.54) is 32.2 Å². The fraction of sp³-hybridized carbons (Fsp3) is 0.250. The number of halogens is 1. The Balaban J connectivity index is 1.78. The molecule has 2 aromatic carbocycles. The summed E-state index contributed by atoms with van der Waals surface area (Å²) in [5, 5.41) is 6.15. The Hall–Kier alpha value is -3.81. The minimum Gasteiger partial charge on any atom is -0.467 e. The zero-order valence-electron chi connectivity index (χ0n) is 17.8. The van der Waals surface area contributed by atoms with Gasteiger partial charge in [0.1, 0.15) is 17.9 Å². The number of benzene rings is 2. The molecule has 1 aromatic heterocycles. The number of fused-ring (bicyclic) bond motifs is 1. The number of carbonyl (C=O) groups excluding carboxylic acids is 3. The Bertz CT molecular complexity index is 1130. The largest absolute Gasteiger partial charge is 0.467 e. The molecule has 2 atom stereocenters. The Kier molecular flexibility index (Phi) is 7.49. The highest BCUT2D eigenvalue weighted by Crippen LogP contribution is 2.14. The average Bonchev–Trinajstić information content (AvgIpc) is 2.77. The fourth-order valence-corrected chi connectivity index (χ4v) is 3.39. The van der Waals surface area contributed by atoms with E-state index in [2.05, 4.69) is 15.6 Å². The van der Waals surface area contributed by atoms with Crippen LogP contribution in [-0.4, -0.2) is 42.0 Å². The van der Waals surface area contributed by atoms with E-state index in [0.717, 1.165) is 10.9 Å². The van der Waals surface area contributed by atoms with Gasteiger partial charge < -0.3 is 15.4 Å². The van der Waals surface area contributed by atoms with Crippen molar-refractivity contribution in [2.24, 2.45) is 0 Å². The molecule has 3 aromatic rings. The number of hydrogen-bond donors (Lipinski definition) is 2. The predicted octanol–water partition coefficient (Wildman–Crippen LogP) is 2.32. The van der Waals surface area contributed by atoms with Crippen LogP contribution in [0, 0.1) is 5.82 Å². The molecule has 0 fully saturated rings. The van der Waals surface area contributed by atoms with Crippen molar-refractivity contribution in [2.75, 3.05) is 7.11 Å². The van der Waals surface area contributed by atoms with E-state index in [4.69, 9.17) is 4.74 Å². The van der Waals surface area contributed by atoms with Gasteiger partial charge in [-0.15, -0.1) is 0 Å². The Morgan fingerprint density at radius 2 is 1.75 bits per heavy atom. The van der Waals surface area contributed by atoms with Gasteiger partial charge in [0.05, 0.1) is 12.6 Å². The molecule has 32 heavy (non-hydrogen) atoms. The lowest BCUT2D eigenvalue weighted by Crippen LogP contribution is -2.53. The molecule has 0 aliphatic carbocycles. The van der Waals surface area contributed by atoms with Crippen molar-refractivity contribution in [2.45, 2.75) is 31.8 Å². The molecule has 3 rings (SSSR count). The highest BCUT2D eigenvalue weighted by molar-refractivity contribution is 5.90. The van der Waals surface area contributed by atoms with Gasteiger partial charge in [-0.25, -0.2) is 9.18 Å². The summed E-state index contributed by atoms with van der Waals surface area (Å²) in [5.74, 6) is -2.09. The summed E-state index contributed by atoms with van der Waals surface area (Å²) in [6, 6.07) is 15.0. The molecule has 1 heterocycles. The first-order valence-corrected chi connectivity index (χ1v) is 10.1. The summed E-state index contributed by atoms with van der Waals surface area (Å²) >= 11 is 0. The number of pyridine rings is 1. The first kappa shape index (κ1) is 22.9. The molecule has 2 N–H and O–H groups in total. The van der Waals surface area contributed by atoms with Crippen molar-refractivity contribution in [3.05, 3.63) is 77.7 Å². The van der Waals surface area contributed by atoms with E-state index in [9.17, 15) is 18.8 Å². The predicted molar refractivity (Wildman–Crippen MR) is 117 cm³/mol. The summed E-state index contributed by atoms with van der Waals surface area (Å²) in [6.45, 7) is 1.28. The van der Waals surface area contributed by atoms with E-state index in [0.29, 0.717) is 11.3 Å². The van der Waals surface area contributed by atoms with Crippen LogP contribution < -0.4 is 10.6 Å². The van der Waals surface area contributed by atoms with Crippen LogP contribution in [0.1, 0.15) is 18.2 Å². The van der Waals surface area contributed by atoms with Crippen LogP contribution in [0.2, 0.25) is 0 Å². The third-order valence-electron chi connectivity index (χ3n) is 4.89. The lowest BCUT2D eigenvalue weighted by Gasteiger charge is -2.22. The van der Waals surface area contributed by atoms with Crippen LogP contribution in [-0.2, 0) is 32.0 Å². The van der Waals surface area contributed by atoms with Crippen molar-refractivity contribution in [1.29, 1.82) is 0 Å². The van der Waals surface area contributed by atoms with Gasteiger partial charge >= 0.3 is 5.97 Å². The molecule has 166 valence electrons. The van der Waals surface area contributed by atoms with Crippen molar-refractivity contribution in [3.8, 4) is 0 Å². The van der Waals surface area contributed by atoms with Crippen LogP contribution in [0.5, 0.6) is 0 Å². The SMILES string of the molecule is COC(=O)[C@H](Cc1ccc2ccccc2n1)NC(=O)[C@@H](Cc1cccc(F)c1)NC(C)=O. The van der Waals surface area contributed by atoms with E-state index in [-0.39, 0.29) is 12.8 Å². The van der Waals surface area contributed by atoms with Crippen LogP contribution in [0.3, 0.4) is 0 Å². The number of methoxy groups -OCH3 is 1. The van der Waals surface area contributed by atoms with Crippen LogP contribution in [0.4, 0.5) is 4.39 Å². The third-order valence-corrected chi connectivity index (χ3v) is 4.89. The van der Waals surface area contributed by atoms with Gasteiger partial charge in [-0.2, -0.15) is 0 Å². The number of hydrogen-bond acceptors (Lipinski definition) is 5. The van der Waals surface area contributed by atoms with Gasteiger partial charge in [0.15, 0.2) is 0 Å². The lowest BCUT2D eigenvalue weighted by molar-refractivity contribution is -0.145. The molecule has 0 bridgehead atoms. The lowest BCUT2D eigenvalue weighted by atomic mass is 10.0. The standard InChI is InChI=1S/C24H24FN3O4/c1-15(29)26-21(13-16-6-5-8-18(25)12-16)23(30)28-22(24(31)32-2)14-19-11-10-17-7-3-4-9-20(17)27-19/h3-12,21-22H,13-14H2,1-2H3,(H,26,29)(H,28,30)/t21-,22+/m1/s1. The molecule has 0 saturated carbocycles. The topological polar surface area (TPSA) is 97.4 Å². The molecule has 2 amide bonds. The average molecular weight is 437 g/mol. The Morgan fingerprint density at radius 3 is 2.47 bits per heavy atom.